The summed E-state index contributed by atoms with van der Waals surface area (Å²) in [6.07, 6.45) is 2.51. The van der Waals surface area contributed by atoms with Crippen molar-refractivity contribution in [2.75, 3.05) is 6.54 Å². The van der Waals surface area contributed by atoms with Crippen LogP contribution in [0.1, 0.15) is 16.2 Å². The van der Waals surface area contributed by atoms with Crippen molar-refractivity contribution in [2.24, 2.45) is 0 Å². The van der Waals surface area contributed by atoms with Crippen LogP contribution in [-0.4, -0.2) is 22.0 Å². The monoisotopic (exact) mass is 339 g/mol. The van der Waals surface area contributed by atoms with E-state index in [1.54, 1.807) is 24.3 Å². The minimum absolute atomic E-state index is 0.113. The second-order valence-electron chi connectivity index (χ2n) is 5.43. The lowest BCUT2D eigenvalue weighted by Gasteiger charge is -2.08. The van der Waals surface area contributed by atoms with Gasteiger partial charge in [0.2, 0.25) is 0 Å². The number of hydrogen-bond acceptors (Lipinski definition) is 2. The summed E-state index contributed by atoms with van der Waals surface area (Å²) in [5.41, 5.74) is 2.63. The number of carbonyl (C=O) groups is 1. The Labute approximate surface area is 145 Å². The third-order valence-electron chi connectivity index (χ3n) is 3.79. The highest BCUT2D eigenvalue weighted by Crippen LogP contribution is 2.16. The van der Waals surface area contributed by atoms with Crippen molar-refractivity contribution in [2.45, 2.75) is 13.0 Å². The predicted octanol–water partition coefficient (Wildman–Crippen LogP) is 3.85. The molecule has 1 heterocycles. The fourth-order valence-electron chi connectivity index (χ4n) is 2.64. The van der Waals surface area contributed by atoms with Gasteiger partial charge in [-0.15, -0.1) is 6.58 Å². The van der Waals surface area contributed by atoms with Crippen molar-refractivity contribution in [1.82, 2.24) is 14.9 Å². The summed E-state index contributed by atoms with van der Waals surface area (Å²) in [5, 5.41) is 3.53. The first kappa shape index (κ1) is 16.3. The van der Waals surface area contributed by atoms with Crippen LogP contribution >= 0.6 is 11.6 Å². The van der Waals surface area contributed by atoms with Crippen molar-refractivity contribution in [3.63, 3.8) is 0 Å². The number of nitrogens with zero attached hydrogens (tertiary/aromatic N) is 2. The Morgan fingerprint density at radius 2 is 1.96 bits per heavy atom. The van der Waals surface area contributed by atoms with Crippen LogP contribution in [0.5, 0.6) is 0 Å². The standard InChI is InChI=1S/C19H18ClN3O/c1-2-13-23-17-6-4-3-5-16(17)22-18(23)11-12-21-19(24)14-7-9-15(20)10-8-14/h2-10H,1,11-13H2,(H,21,24). The van der Waals surface area contributed by atoms with E-state index < -0.39 is 0 Å². The number of carbonyl (C=O) groups excluding carboxylic acids is 1. The maximum atomic E-state index is 12.1. The zero-order valence-corrected chi connectivity index (χ0v) is 14.0. The van der Waals surface area contributed by atoms with Gasteiger partial charge in [-0.2, -0.15) is 0 Å². The highest BCUT2D eigenvalue weighted by Gasteiger charge is 2.10. The van der Waals surface area contributed by atoms with Crippen LogP contribution < -0.4 is 5.32 Å². The molecule has 0 saturated carbocycles. The van der Waals surface area contributed by atoms with E-state index in [2.05, 4.69) is 21.4 Å². The average Bonchev–Trinajstić information content (AvgIpc) is 2.94. The molecule has 0 aliphatic heterocycles. The highest BCUT2D eigenvalue weighted by atomic mass is 35.5. The number of para-hydroxylation sites is 2. The van der Waals surface area contributed by atoms with Crippen LogP contribution in [0.3, 0.4) is 0 Å². The molecule has 1 N–H and O–H groups in total. The van der Waals surface area contributed by atoms with Gasteiger partial charge in [0.15, 0.2) is 0 Å². The van der Waals surface area contributed by atoms with Crippen molar-refractivity contribution < 1.29 is 4.79 Å². The molecule has 0 spiro atoms. The van der Waals surface area contributed by atoms with Gasteiger partial charge in [0, 0.05) is 30.1 Å². The van der Waals surface area contributed by atoms with Crippen LogP contribution in [0.4, 0.5) is 0 Å². The van der Waals surface area contributed by atoms with E-state index >= 15 is 0 Å². The number of amides is 1. The van der Waals surface area contributed by atoms with E-state index in [0.717, 1.165) is 16.9 Å². The van der Waals surface area contributed by atoms with Gasteiger partial charge < -0.3 is 9.88 Å². The fraction of sp³-hybridized carbons (Fsp3) is 0.158. The molecule has 0 saturated heterocycles. The molecule has 0 radical (unpaired) electrons. The Morgan fingerprint density at radius 3 is 2.71 bits per heavy atom. The molecular formula is C19H18ClN3O. The van der Waals surface area contributed by atoms with Gasteiger partial charge in [0.25, 0.3) is 5.91 Å². The lowest BCUT2D eigenvalue weighted by atomic mass is 10.2. The van der Waals surface area contributed by atoms with Crippen LogP contribution in [-0.2, 0) is 13.0 Å². The molecular weight excluding hydrogens is 322 g/mol. The molecule has 0 unspecified atom stereocenters. The number of rotatable bonds is 6. The van der Waals surface area contributed by atoms with E-state index in [0.29, 0.717) is 30.1 Å². The van der Waals surface area contributed by atoms with Gasteiger partial charge in [-0.25, -0.2) is 4.98 Å². The Bertz CT molecular complexity index is 868. The first-order valence-corrected chi connectivity index (χ1v) is 8.15. The minimum Gasteiger partial charge on any atom is -0.352 e. The van der Waals surface area contributed by atoms with Gasteiger partial charge in [0.05, 0.1) is 11.0 Å². The third kappa shape index (κ3) is 3.49. The Kier molecular flexibility index (Phi) is 4.96. The molecule has 122 valence electrons. The number of fused-ring (bicyclic) bond motifs is 1. The topological polar surface area (TPSA) is 46.9 Å². The van der Waals surface area contributed by atoms with Crippen molar-refractivity contribution in [3.05, 3.63) is 77.6 Å². The summed E-state index contributed by atoms with van der Waals surface area (Å²) in [7, 11) is 0. The molecule has 0 aliphatic rings. The largest absolute Gasteiger partial charge is 0.352 e. The molecule has 0 atom stereocenters. The van der Waals surface area contributed by atoms with E-state index in [4.69, 9.17) is 11.6 Å². The SMILES string of the molecule is C=CCn1c(CCNC(=O)c2ccc(Cl)cc2)nc2ccccc21. The third-order valence-corrected chi connectivity index (χ3v) is 4.04. The summed E-state index contributed by atoms with van der Waals surface area (Å²) in [6, 6.07) is 14.8. The number of aromatic nitrogens is 2. The molecule has 0 bridgehead atoms. The Balaban J connectivity index is 1.69. The Morgan fingerprint density at radius 1 is 1.21 bits per heavy atom. The molecule has 5 heteroatoms. The highest BCUT2D eigenvalue weighted by molar-refractivity contribution is 6.30. The van der Waals surface area contributed by atoms with Crippen LogP contribution in [0, 0.1) is 0 Å². The van der Waals surface area contributed by atoms with Crippen molar-refractivity contribution >= 4 is 28.5 Å². The summed E-state index contributed by atoms with van der Waals surface area (Å²) < 4.78 is 2.12. The number of nitrogens with one attached hydrogen (secondary N) is 1. The summed E-state index contributed by atoms with van der Waals surface area (Å²) in [6.45, 7) is 5.02. The number of hydrogen-bond donors (Lipinski definition) is 1. The van der Waals surface area contributed by atoms with E-state index in [1.165, 1.54) is 0 Å². The summed E-state index contributed by atoms with van der Waals surface area (Å²) in [5.74, 6) is 0.825. The van der Waals surface area contributed by atoms with Gasteiger partial charge in [-0.3, -0.25) is 4.79 Å². The zero-order valence-electron chi connectivity index (χ0n) is 13.2. The summed E-state index contributed by atoms with van der Waals surface area (Å²) >= 11 is 5.84. The van der Waals surface area contributed by atoms with Crippen LogP contribution in [0.25, 0.3) is 11.0 Å². The predicted molar refractivity (Wildman–Crippen MR) is 97.4 cm³/mol. The number of allylic oxidation sites excluding steroid dienone is 1. The first-order valence-electron chi connectivity index (χ1n) is 7.78. The van der Waals surface area contributed by atoms with Crippen molar-refractivity contribution in [3.8, 4) is 0 Å². The number of halogens is 1. The lowest BCUT2D eigenvalue weighted by molar-refractivity contribution is 0.0954. The second kappa shape index (κ2) is 7.32. The van der Waals surface area contributed by atoms with Gasteiger partial charge >= 0.3 is 0 Å². The average molecular weight is 340 g/mol. The molecule has 4 nitrogen and oxygen atoms in total. The number of imidazole rings is 1. The normalized spacial score (nSPS) is 10.7. The van der Waals surface area contributed by atoms with Gasteiger partial charge in [-0.1, -0.05) is 29.8 Å². The first-order chi connectivity index (χ1) is 11.7. The van der Waals surface area contributed by atoms with E-state index in [9.17, 15) is 4.79 Å². The maximum Gasteiger partial charge on any atom is 0.251 e. The second-order valence-corrected chi connectivity index (χ2v) is 5.87. The molecule has 3 rings (SSSR count). The van der Waals surface area contributed by atoms with E-state index in [-0.39, 0.29) is 5.91 Å². The minimum atomic E-state index is -0.113. The van der Waals surface area contributed by atoms with Gasteiger partial charge in [0.1, 0.15) is 5.82 Å². The molecule has 3 aromatic rings. The molecule has 1 amide bonds. The fourth-order valence-corrected chi connectivity index (χ4v) is 2.77. The molecule has 0 fully saturated rings. The Hall–Kier alpha value is -2.59. The molecule has 2 aromatic carbocycles. The van der Waals surface area contributed by atoms with Crippen LogP contribution in [0.15, 0.2) is 61.2 Å². The smallest absolute Gasteiger partial charge is 0.251 e. The molecule has 24 heavy (non-hydrogen) atoms. The van der Waals surface area contributed by atoms with Crippen LogP contribution in [0.2, 0.25) is 5.02 Å². The van der Waals surface area contributed by atoms with Gasteiger partial charge in [-0.05, 0) is 36.4 Å². The molecule has 0 aliphatic carbocycles. The maximum absolute atomic E-state index is 12.1. The van der Waals surface area contributed by atoms with Crippen molar-refractivity contribution in [1.29, 1.82) is 0 Å². The van der Waals surface area contributed by atoms with E-state index in [1.807, 2.05) is 30.3 Å². The zero-order chi connectivity index (χ0) is 16.9. The number of benzene rings is 2. The molecule has 1 aromatic heterocycles. The summed E-state index contributed by atoms with van der Waals surface area (Å²) in [4.78, 5) is 16.8. The quantitative estimate of drug-likeness (QED) is 0.693. The lowest BCUT2D eigenvalue weighted by Crippen LogP contribution is -2.26.